The number of benzene rings is 3. The quantitative estimate of drug-likeness (QED) is 0.340. The van der Waals surface area contributed by atoms with Gasteiger partial charge in [-0.05, 0) is 53.9 Å². The van der Waals surface area contributed by atoms with Gasteiger partial charge >= 0.3 is 6.09 Å². The first-order chi connectivity index (χ1) is 17.0. The smallest absolute Gasteiger partial charge is 0.407 e. The van der Waals surface area contributed by atoms with Gasteiger partial charge < -0.3 is 19.9 Å². The van der Waals surface area contributed by atoms with Crippen LogP contribution in [-0.4, -0.2) is 35.0 Å². The van der Waals surface area contributed by atoms with Crippen molar-refractivity contribution in [1.29, 1.82) is 0 Å². The molecule has 0 saturated carbocycles. The number of aromatic nitrogens is 1. The van der Waals surface area contributed by atoms with Crippen molar-refractivity contribution in [3.8, 4) is 0 Å². The van der Waals surface area contributed by atoms with Gasteiger partial charge in [0.2, 0.25) is 0 Å². The van der Waals surface area contributed by atoms with E-state index >= 15 is 0 Å². The lowest BCUT2D eigenvalue weighted by Gasteiger charge is -2.36. The van der Waals surface area contributed by atoms with Gasteiger partial charge in [0.05, 0.1) is 6.04 Å². The number of carbonyl (C=O) groups is 2. The van der Waals surface area contributed by atoms with Gasteiger partial charge in [0.1, 0.15) is 6.61 Å². The van der Waals surface area contributed by atoms with E-state index in [2.05, 4.69) is 10.3 Å². The van der Waals surface area contributed by atoms with E-state index in [1.54, 1.807) is 29.2 Å². The van der Waals surface area contributed by atoms with Crippen molar-refractivity contribution in [2.45, 2.75) is 19.1 Å². The van der Waals surface area contributed by atoms with Gasteiger partial charge in [0.25, 0.3) is 5.91 Å². The molecule has 0 aliphatic carbocycles. The largest absolute Gasteiger partial charge is 0.445 e. The first kappa shape index (κ1) is 23.3. The number of halogens is 2. The van der Waals surface area contributed by atoms with Gasteiger partial charge in [-0.15, -0.1) is 0 Å². The van der Waals surface area contributed by atoms with Crippen molar-refractivity contribution in [3.05, 3.63) is 105 Å². The Kier molecular flexibility index (Phi) is 6.66. The Bertz CT molecular complexity index is 1390. The van der Waals surface area contributed by atoms with Crippen LogP contribution in [0.2, 0.25) is 10.0 Å². The number of rotatable bonds is 5. The third kappa shape index (κ3) is 4.99. The monoisotopic (exact) mass is 507 g/mol. The van der Waals surface area contributed by atoms with E-state index in [-0.39, 0.29) is 19.1 Å². The molecule has 1 aliphatic rings. The highest BCUT2D eigenvalue weighted by Gasteiger charge is 2.34. The van der Waals surface area contributed by atoms with Crippen LogP contribution in [0, 0.1) is 0 Å². The number of amides is 2. The molecule has 0 fully saturated rings. The topological polar surface area (TPSA) is 74.4 Å². The molecular weight excluding hydrogens is 485 g/mol. The van der Waals surface area contributed by atoms with Crippen LogP contribution in [0.25, 0.3) is 10.9 Å². The molecule has 5 rings (SSSR count). The van der Waals surface area contributed by atoms with Crippen LogP contribution in [0.15, 0.2) is 72.8 Å². The van der Waals surface area contributed by atoms with E-state index in [1.807, 2.05) is 48.5 Å². The fourth-order valence-corrected chi connectivity index (χ4v) is 4.90. The number of carbonyl (C=O) groups excluding carboxylic acids is 2. The Hall–Kier alpha value is -3.48. The van der Waals surface area contributed by atoms with Crippen molar-refractivity contribution in [2.24, 2.45) is 0 Å². The van der Waals surface area contributed by atoms with E-state index in [0.29, 0.717) is 28.6 Å². The van der Waals surface area contributed by atoms with E-state index in [0.717, 1.165) is 27.7 Å². The lowest BCUT2D eigenvalue weighted by Crippen LogP contribution is -2.45. The number of hydrogen-bond donors (Lipinski definition) is 2. The molecule has 0 saturated heterocycles. The number of nitrogens with zero attached hydrogens (tertiary/aromatic N) is 1. The number of nitrogens with one attached hydrogen (secondary N) is 2. The lowest BCUT2D eigenvalue weighted by molar-refractivity contribution is 0.0648. The minimum atomic E-state index is -0.546. The summed E-state index contributed by atoms with van der Waals surface area (Å²) in [6, 6.07) is 21.6. The van der Waals surface area contributed by atoms with Crippen molar-refractivity contribution < 1.29 is 14.3 Å². The zero-order chi connectivity index (χ0) is 24.4. The molecule has 4 aromatic rings. The maximum Gasteiger partial charge on any atom is 0.407 e. The molecule has 2 N–H and O–H groups in total. The maximum atomic E-state index is 13.5. The molecule has 0 bridgehead atoms. The molecule has 1 aromatic heterocycles. The summed E-state index contributed by atoms with van der Waals surface area (Å²) in [4.78, 5) is 31.2. The van der Waals surface area contributed by atoms with Crippen LogP contribution in [0.4, 0.5) is 4.79 Å². The maximum absolute atomic E-state index is 13.5. The lowest BCUT2D eigenvalue weighted by atomic mass is 9.96. The molecule has 1 aliphatic heterocycles. The molecule has 2 heterocycles. The van der Waals surface area contributed by atoms with Crippen LogP contribution in [0.3, 0.4) is 0 Å². The average molecular weight is 508 g/mol. The molecule has 1 unspecified atom stereocenters. The third-order valence-corrected chi connectivity index (χ3v) is 6.67. The Labute approximate surface area is 212 Å². The van der Waals surface area contributed by atoms with Gasteiger partial charge in [0, 0.05) is 45.3 Å². The zero-order valence-corrected chi connectivity index (χ0v) is 20.3. The van der Waals surface area contributed by atoms with E-state index in [1.165, 1.54) is 0 Å². The van der Waals surface area contributed by atoms with Gasteiger partial charge in [-0.25, -0.2) is 4.79 Å². The highest BCUT2D eigenvalue weighted by Crippen LogP contribution is 2.36. The van der Waals surface area contributed by atoms with Gasteiger partial charge in [-0.1, -0.05) is 59.6 Å². The standard InChI is InChI=1S/C27H23Cl2N3O3/c28-19-8-4-7-18(13-19)26(33)32-12-11-21-22-14-20(29)9-10-23(22)31-25(21)24(32)15-30-27(34)35-16-17-5-2-1-3-6-17/h1-10,13-14,24,31H,11-12,15-16H2,(H,30,34). The molecule has 2 amide bonds. The normalized spacial score (nSPS) is 15.0. The van der Waals surface area contributed by atoms with E-state index < -0.39 is 12.1 Å². The molecule has 8 heteroatoms. The summed E-state index contributed by atoms with van der Waals surface area (Å²) in [5.41, 5.74) is 4.31. The third-order valence-electron chi connectivity index (χ3n) is 6.20. The van der Waals surface area contributed by atoms with E-state index in [4.69, 9.17) is 27.9 Å². The van der Waals surface area contributed by atoms with Crippen molar-refractivity contribution in [1.82, 2.24) is 15.2 Å². The van der Waals surface area contributed by atoms with Gasteiger partial charge in [-0.3, -0.25) is 4.79 Å². The second kappa shape index (κ2) is 10.0. The number of aromatic amines is 1. The summed E-state index contributed by atoms with van der Waals surface area (Å²) in [6.07, 6.45) is 0.118. The highest BCUT2D eigenvalue weighted by molar-refractivity contribution is 6.31. The Morgan fingerprint density at radius 1 is 1.00 bits per heavy atom. The summed E-state index contributed by atoms with van der Waals surface area (Å²) >= 11 is 12.4. The van der Waals surface area contributed by atoms with E-state index in [9.17, 15) is 9.59 Å². The molecule has 178 valence electrons. The fourth-order valence-electron chi connectivity index (χ4n) is 4.54. The minimum Gasteiger partial charge on any atom is -0.445 e. The summed E-state index contributed by atoms with van der Waals surface area (Å²) < 4.78 is 5.38. The summed E-state index contributed by atoms with van der Waals surface area (Å²) in [5.74, 6) is -0.153. The highest BCUT2D eigenvalue weighted by atomic mass is 35.5. The number of alkyl carbamates (subject to hydrolysis) is 1. The Balaban J connectivity index is 1.41. The summed E-state index contributed by atoms with van der Waals surface area (Å²) in [7, 11) is 0. The second-order valence-corrected chi connectivity index (χ2v) is 9.30. The Morgan fingerprint density at radius 3 is 2.60 bits per heavy atom. The van der Waals surface area contributed by atoms with Crippen LogP contribution in [0.5, 0.6) is 0 Å². The SMILES string of the molecule is O=C(NCC1c2[nH]c3ccc(Cl)cc3c2CCN1C(=O)c1cccc(Cl)c1)OCc1ccccc1. The van der Waals surface area contributed by atoms with Crippen LogP contribution in [0.1, 0.15) is 33.2 Å². The number of fused-ring (bicyclic) bond motifs is 3. The van der Waals surface area contributed by atoms with Crippen LogP contribution < -0.4 is 5.32 Å². The molecule has 0 radical (unpaired) electrons. The molecule has 0 spiro atoms. The van der Waals surface area contributed by atoms with Crippen LogP contribution in [-0.2, 0) is 17.8 Å². The summed E-state index contributed by atoms with van der Waals surface area (Å²) in [5, 5.41) is 5.01. The first-order valence-electron chi connectivity index (χ1n) is 11.3. The van der Waals surface area contributed by atoms with Gasteiger partial charge in [0.15, 0.2) is 0 Å². The number of H-pyrrole nitrogens is 1. The Morgan fingerprint density at radius 2 is 1.80 bits per heavy atom. The average Bonchev–Trinajstić information content (AvgIpc) is 3.24. The van der Waals surface area contributed by atoms with Gasteiger partial charge in [-0.2, -0.15) is 0 Å². The zero-order valence-electron chi connectivity index (χ0n) is 18.8. The fraction of sp³-hybridized carbons (Fsp3) is 0.185. The predicted octanol–water partition coefficient (Wildman–Crippen LogP) is 6.14. The van der Waals surface area contributed by atoms with Crippen molar-refractivity contribution >= 4 is 46.1 Å². The second-order valence-electron chi connectivity index (χ2n) is 8.42. The number of hydrogen-bond acceptors (Lipinski definition) is 3. The van der Waals surface area contributed by atoms with Crippen molar-refractivity contribution in [2.75, 3.05) is 13.1 Å². The molecule has 1 atom stereocenters. The first-order valence-corrected chi connectivity index (χ1v) is 12.1. The number of ether oxygens (including phenoxy) is 1. The molecule has 35 heavy (non-hydrogen) atoms. The molecule has 6 nitrogen and oxygen atoms in total. The molecular formula is C27H23Cl2N3O3. The van der Waals surface area contributed by atoms with Crippen LogP contribution >= 0.6 is 23.2 Å². The summed E-state index contributed by atoms with van der Waals surface area (Å²) in [6.45, 7) is 0.843. The molecule has 3 aromatic carbocycles. The minimum absolute atomic E-state index is 0.153. The predicted molar refractivity (Wildman–Crippen MR) is 137 cm³/mol. The van der Waals surface area contributed by atoms with Crippen molar-refractivity contribution in [3.63, 3.8) is 0 Å².